The van der Waals surface area contributed by atoms with Gasteiger partial charge in [-0.05, 0) is 36.8 Å². The van der Waals surface area contributed by atoms with Crippen molar-refractivity contribution in [2.24, 2.45) is 5.92 Å². The van der Waals surface area contributed by atoms with Crippen LogP contribution in [-0.2, 0) is 0 Å². The second-order valence-electron chi connectivity index (χ2n) is 9.31. The van der Waals surface area contributed by atoms with Crippen molar-refractivity contribution < 1.29 is 14.3 Å². The maximum Gasteiger partial charge on any atom is 0.336 e. The number of nitrogens with zero attached hydrogens (tertiary/aromatic N) is 2. The molecule has 0 radical (unpaired) electrons. The number of anilines is 1. The Labute approximate surface area is 194 Å². The molecular formula is C28H31N2O3+. The number of hydrogen-bond donors (Lipinski definition) is 1. The summed E-state index contributed by atoms with van der Waals surface area (Å²) in [5, 5.41) is 11.9. The smallest absolute Gasteiger partial charge is 0.336 e. The summed E-state index contributed by atoms with van der Waals surface area (Å²) >= 11 is 0. The molecule has 4 rings (SSSR count). The summed E-state index contributed by atoms with van der Waals surface area (Å²) in [4.78, 5) is 14.1. The summed E-state index contributed by atoms with van der Waals surface area (Å²) in [5.74, 6) is 0.326. The van der Waals surface area contributed by atoms with Crippen LogP contribution in [0, 0.1) is 12.8 Å². The molecule has 1 aliphatic carbocycles. The highest BCUT2D eigenvalue weighted by molar-refractivity contribution is 6.07. The molecule has 0 atom stereocenters. The summed E-state index contributed by atoms with van der Waals surface area (Å²) < 4.78 is 8.70. The first kappa shape index (κ1) is 22.6. The van der Waals surface area contributed by atoms with Gasteiger partial charge in [0.1, 0.15) is 24.9 Å². The van der Waals surface area contributed by atoms with Crippen molar-refractivity contribution in [1.82, 2.24) is 4.58 Å². The van der Waals surface area contributed by atoms with E-state index in [4.69, 9.17) is 4.42 Å². The molecule has 0 fully saturated rings. The predicted molar refractivity (Wildman–Crippen MR) is 135 cm³/mol. The number of rotatable bonds is 5. The van der Waals surface area contributed by atoms with Gasteiger partial charge in [-0.3, -0.25) is 0 Å². The van der Waals surface area contributed by atoms with Gasteiger partial charge in [-0.2, -0.15) is 0 Å². The largest absolute Gasteiger partial charge is 0.478 e. The highest BCUT2D eigenvalue weighted by atomic mass is 16.4. The highest BCUT2D eigenvalue weighted by Crippen LogP contribution is 2.42. The number of fused-ring (bicyclic) bond motifs is 2. The number of hydrogen-bond acceptors (Lipinski definition) is 3. The number of benzene rings is 3. The van der Waals surface area contributed by atoms with Crippen molar-refractivity contribution >= 4 is 22.6 Å². The van der Waals surface area contributed by atoms with Gasteiger partial charge in [-0.15, -0.1) is 0 Å². The van der Waals surface area contributed by atoms with Gasteiger partial charge < -0.3 is 14.4 Å². The van der Waals surface area contributed by atoms with E-state index in [0.717, 1.165) is 51.0 Å². The zero-order valence-corrected chi connectivity index (χ0v) is 20.1. The van der Waals surface area contributed by atoms with E-state index in [2.05, 4.69) is 44.5 Å². The van der Waals surface area contributed by atoms with E-state index in [1.165, 1.54) is 0 Å². The normalized spacial score (nSPS) is 12.5. The number of carbonyl (C=O) groups is 1. The second-order valence-corrected chi connectivity index (χ2v) is 9.31. The zero-order valence-electron chi connectivity index (χ0n) is 20.1. The molecule has 2 aromatic carbocycles. The van der Waals surface area contributed by atoms with E-state index >= 15 is 0 Å². The van der Waals surface area contributed by atoms with Crippen LogP contribution >= 0.6 is 0 Å². The fourth-order valence-corrected chi connectivity index (χ4v) is 4.54. The molecule has 0 bridgehead atoms. The highest BCUT2D eigenvalue weighted by Gasteiger charge is 2.23. The number of carboxylic acid groups (broad SMARTS) is 1. The van der Waals surface area contributed by atoms with Gasteiger partial charge >= 0.3 is 5.97 Å². The van der Waals surface area contributed by atoms with Crippen molar-refractivity contribution in [2.45, 2.75) is 20.8 Å². The zero-order chi connectivity index (χ0) is 23.9. The van der Waals surface area contributed by atoms with Crippen molar-refractivity contribution in [3.8, 4) is 22.5 Å². The minimum absolute atomic E-state index is 0.279. The fraction of sp³-hybridized carbons (Fsp3) is 0.286. The summed E-state index contributed by atoms with van der Waals surface area (Å²) in [6.45, 7) is 7.43. The van der Waals surface area contributed by atoms with Crippen LogP contribution in [-0.4, -0.2) is 38.8 Å². The van der Waals surface area contributed by atoms with Gasteiger partial charge in [0.15, 0.2) is 0 Å². The third-order valence-corrected chi connectivity index (χ3v) is 6.02. The summed E-state index contributed by atoms with van der Waals surface area (Å²) in [7, 11) is 6.08. The molecule has 2 aromatic rings. The standard InChI is InChI=1S/C28H30N2O3/c1-17(2)16-30(6)24-15-26-23(13-18(24)3)27(20-9-7-8-10-21(20)28(31)32)22-12-11-19(29(4)5)14-25(22)33-26/h7-15,17H,16H2,1-6H3/p+1. The molecule has 1 aliphatic heterocycles. The maximum atomic E-state index is 12.1. The van der Waals surface area contributed by atoms with Gasteiger partial charge in [0, 0.05) is 53.8 Å². The molecular weight excluding hydrogens is 412 g/mol. The van der Waals surface area contributed by atoms with Gasteiger partial charge in [-0.1, -0.05) is 32.0 Å². The average molecular weight is 444 g/mol. The van der Waals surface area contributed by atoms with Crippen LogP contribution < -0.4 is 14.8 Å². The molecule has 5 heteroatoms. The minimum atomic E-state index is -0.942. The lowest BCUT2D eigenvalue weighted by molar-refractivity contribution is 0.0697. The van der Waals surface area contributed by atoms with Crippen molar-refractivity contribution in [2.75, 3.05) is 32.6 Å². The van der Waals surface area contributed by atoms with Crippen LogP contribution in [0.25, 0.3) is 33.4 Å². The Kier molecular flexibility index (Phi) is 5.98. The molecule has 0 spiro atoms. The molecule has 0 unspecified atom stereocenters. The molecule has 170 valence electrons. The van der Waals surface area contributed by atoms with Crippen LogP contribution in [0.15, 0.2) is 59.0 Å². The SMILES string of the molecule is Cc1cc2c(-c3ccccc3C(=O)O)c3ccc(N(C)C)cc3oc-2c/c1=[N+](/C)CC(C)C. The Balaban J connectivity index is 2.17. The Morgan fingerprint density at radius 2 is 1.79 bits per heavy atom. The first-order chi connectivity index (χ1) is 15.7. The molecule has 5 nitrogen and oxygen atoms in total. The van der Waals surface area contributed by atoms with Crippen LogP contribution in [0.4, 0.5) is 5.69 Å². The average Bonchev–Trinajstić information content (AvgIpc) is 2.76. The van der Waals surface area contributed by atoms with Crippen LogP contribution in [0.5, 0.6) is 0 Å². The number of aromatic carboxylic acids is 1. The van der Waals surface area contributed by atoms with Gasteiger partial charge in [0.25, 0.3) is 0 Å². The Morgan fingerprint density at radius 3 is 2.45 bits per heavy atom. The van der Waals surface area contributed by atoms with E-state index in [9.17, 15) is 9.90 Å². The van der Waals surface area contributed by atoms with Crippen LogP contribution in [0.3, 0.4) is 0 Å². The lowest BCUT2D eigenvalue weighted by Crippen LogP contribution is -2.31. The van der Waals surface area contributed by atoms with Gasteiger partial charge in [0.2, 0.25) is 5.36 Å². The molecule has 0 aromatic heterocycles. The summed E-state index contributed by atoms with van der Waals surface area (Å²) in [6.07, 6.45) is 0. The first-order valence-electron chi connectivity index (χ1n) is 11.2. The van der Waals surface area contributed by atoms with E-state index in [0.29, 0.717) is 11.5 Å². The van der Waals surface area contributed by atoms with Crippen molar-refractivity contribution in [3.05, 3.63) is 71.1 Å². The molecule has 0 amide bonds. The van der Waals surface area contributed by atoms with Crippen LogP contribution in [0.1, 0.15) is 29.8 Å². The molecule has 2 aliphatic rings. The van der Waals surface area contributed by atoms with Crippen molar-refractivity contribution in [3.63, 3.8) is 0 Å². The third kappa shape index (κ3) is 4.23. The monoisotopic (exact) mass is 443 g/mol. The topological polar surface area (TPSA) is 56.7 Å². The molecule has 1 N–H and O–H groups in total. The number of aryl methyl sites for hydroxylation is 1. The Bertz CT molecular complexity index is 1400. The van der Waals surface area contributed by atoms with Gasteiger partial charge in [0.05, 0.1) is 11.6 Å². The molecule has 0 saturated heterocycles. The Hall–Kier alpha value is -3.60. The summed E-state index contributed by atoms with van der Waals surface area (Å²) in [6, 6.07) is 17.5. The van der Waals surface area contributed by atoms with Crippen molar-refractivity contribution in [1.29, 1.82) is 0 Å². The maximum absolute atomic E-state index is 12.1. The third-order valence-electron chi connectivity index (χ3n) is 6.02. The van der Waals surface area contributed by atoms with E-state index < -0.39 is 5.97 Å². The molecule has 0 saturated carbocycles. The minimum Gasteiger partial charge on any atom is -0.478 e. The van der Waals surface area contributed by atoms with E-state index in [-0.39, 0.29) is 5.56 Å². The molecule has 1 heterocycles. The lowest BCUT2D eigenvalue weighted by Gasteiger charge is -2.19. The van der Waals surface area contributed by atoms with Gasteiger partial charge in [-0.25, -0.2) is 9.37 Å². The quantitative estimate of drug-likeness (QED) is 0.334. The first-order valence-corrected chi connectivity index (χ1v) is 11.2. The second kappa shape index (κ2) is 8.74. The summed E-state index contributed by atoms with van der Waals surface area (Å²) in [5.41, 5.74) is 5.64. The lowest BCUT2D eigenvalue weighted by atomic mass is 9.90. The fourth-order valence-electron chi connectivity index (χ4n) is 4.54. The van der Waals surface area contributed by atoms with E-state index in [1.807, 2.05) is 49.3 Å². The number of carboxylic acids is 1. The predicted octanol–water partition coefficient (Wildman–Crippen LogP) is 5.34. The Morgan fingerprint density at radius 1 is 1.06 bits per heavy atom. The van der Waals surface area contributed by atoms with E-state index in [1.54, 1.807) is 12.1 Å². The molecule has 33 heavy (non-hydrogen) atoms. The van der Waals surface area contributed by atoms with Crippen LogP contribution in [0.2, 0.25) is 0 Å².